The highest BCUT2D eigenvalue weighted by atomic mass is 35.5. The van der Waals surface area contributed by atoms with Gasteiger partial charge in [0.2, 0.25) is 11.8 Å². The number of Topliss-reactive ketones (excluding diaryl/α,β-unsaturated/α-hetero) is 1. The van der Waals surface area contributed by atoms with E-state index in [0.29, 0.717) is 66.5 Å². The molecule has 0 aromatic heterocycles. The van der Waals surface area contributed by atoms with Gasteiger partial charge in [0.15, 0.2) is 5.78 Å². The summed E-state index contributed by atoms with van der Waals surface area (Å²) in [6, 6.07) is 18.0. The molecule has 2 aliphatic heterocycles. The monoisotopic (exact) mass is 628 g/mol. The van der Waals surface area contributed by atoms with E-state index in [0.717, 1.165) is 36.2 Å². The highest BCUT2D eigenvalue weighted by molar-refractivity contribution is 6.31. The highest BCUT2D eigenvalue weighted by Crippen LogP contribution is 2.37. The number of piperidine rings is 1. The van der Waals surface area contributed by atoms with E-state index >= 15 is 0 Å². The molecule has 2 atom stereocenters. The summed E-state index contributed by atoms with van der Waals surface area (Å²) in [5.41, 5.74) is 4.18. The van der Waals surface area contributed by atoms with E-state index in [2.05, 4.69) is 10.2 Å². The summed E-state index contributed by atoms with van der Waals surface area (Å²) < 4.78 is 20.7. The molecule has 232 valence electrons. The number of amides is 2. The molecule has 2 amide bonds. The number of anilines is 1. The number of carbonyl (C=O) groups excluding carboxylic acids is 3. The van der Waals surface area contributed by atoms with Crippen LogP contribution in [0.4, 0.5) is 10.1 Å². The molecule has 2 saturated heterocycles. The number of ether oxygens (including phenoxy) is 1. The first-order valence-electron chi connectivity index (χ1n) is 15.4. The fourth-order valence-electron chi connectivity index (χ4n) is 6.70. The number of nitrogens with zero attached hydrogens (tertiary/aromatic N) is 3. The maximum Gasteiger partial charge on any atom is 0.230 e. The van der Waals surface area contributed by atoms with Crippen molar-refractivity contribution in [1.82, 2.24) is 10.2 Å². The average Bonchev–Trinajstić information content (AvgIpc) is 3.20. The quantitative estimate of drug-likeness (QED) is 0.275. The minimum atomic E-state index is -0.488. The molecular weight excluding hydrogens is 595 g/mol. The Morgan fingerprint density at radius 3 is 2.53 bits per heavy atom. The van der Waals surface area contributed by atoms with Crippen molar-refractivity contribution in [1.29, 1.82) is 5.26 Å². The number of halogens is 2. The van der Waals surface area contributed by atoms with Crippen molar-refractivity contribution in [3.8, 4) is 11.8 Å². The van der Waals surface area contributed by atoms with Gasteiger partial charge in [-0.2, -0.15) is 5.26 Å². The zero-order valence-electron chi connectivity index (χ0n) is 24.9. The minimum absolute atomic E-state index is 0.0623. The van der Waals surface area contributed by atoms with Crippen molar-refractivity contribution in [2.24, 2.45) is 11.8 Å². The zero-order chi connectivity index (χ0) is 31.5. The first-order valence-corrected chi connectivity index (χ1v) is 15.8. The lowest BCUT2D eigenvalue weighted by molar-refractivity contribution is -0.137. The maximum atomic E-state index is 14.5. The van der Waals surface area contributed by atoms with Crippen LogP contribution in [0.2, 0.25) is 5.02 Å². The second kappa shape index (κ2) is 13.4. The molecule has 0 radical (unpaired) electrons. The van der Waals surface area contributed by atoms with Crippen molar-refractivity contribution < 1.29 is 23.5 Å². The van der Waals surface area contributed by atoms with Crippen molar-refractivity contribution in [3.05, 3.63) is 93.3 Å². The molecule has 10 heteroatoms. The zero-order valence-corrected chi connectivity index (χ0v) is 25.6. The van der Waals surface area contributed by atoms with Gasteiger partial charge < -0.3 is 9.64 Å². The molecule has 2 fully saturated rings. The fourth-order valence-corrected chi connectivity index (χ4v) is 6.95. The Bertz CT molecular complexity index is 1680. The number of nitriles is 1. The molecule has 0 spiro atoms. The van der Waals surface area contributed by atoms with E-state index in [1.807, 2.05) is 35.2 Å². The molecule has 3 aromatic rings. The van der Waals surface area contributed by atoms with Gasteiger partial charge in [0.25, 0.3) is 0 Å². The number of ketones is 1. The standard InChI is InChI=1S/C35H34ClFN4O4/c36-29-17-23(20-40-13-15-41(16-14-40)31-11-8-22(19-38)18-30(31)37)7-9-24(29)21-45-32-6-2-5-26-25(32)3-1-4-27(34(26)43)28-10-12-33(42)39-35(28)44/h2,5-9,11,17-18,27-28H,1,3-4,10,12-16,20-21H2,(H,39,42,44)/t27?,28-/m1/s1. The Balaban J connectivity index is 1.06. The summed E-state index contributed by atoms with van der Waals surface area (Å²) in [6.45, 7) is 3.86. The molecule has 3 aromatic carbocycles. The van der Waals surface area contributed by atoms with Gasteiger partial charge in [-0.15, -0.1) is 0 Å². The van der Waals surface area contributed by atoms with Gasteiger partial charge in [0.05, 0.1) is 17.3 Å². The topological polar surface area (TPSA) is 103 Å². The molecule has 1 N–H and O–H groups in total. The number of nitrogens with one attached hydrogen (secondary N) is 1. The largest absolute Gasteiger partial charge is 0.489 e. The van der Waals surface area contributed by atoms with Crippen molar-refractivity contribution in [2.45, 2.75) is 45.3 Å². The first kappa shape index (κ1) is 30.8. The molecular formula is C35H34ClFN4O4. The SMILES string of the molecule is N#Cc1ccc(N2CCN(Cc3ccc(COc4cccc5c4CCCC([C@H]4CCC(=O)NC4=O)C5=O)c(Cl)c3)CC2)c(F)c1. The third-order valence-corrected chi connectivity index (χ3v) is 9.49. The smallest absolute Gasteiger partial charge is 0.230 e. The maximum absolute atomic E-state index is 14.5. The van der Waals surface area contributed by atoms with Crippen LogP contribution in [0.1, 0.15) is 58.3 Å². The van der Waals surface area contributed by atoms with E-state index < -0.39 is 11.8 Å². The molecule has 1 unspecified atom stereocenters. The summed E-state index contributed by atoms with van der Waals surface area (Å²) in [4.78, 5) is 42.1. The van der Waals surface area contributed by atoms with Gasteiger partial charge in [-0.3, -0.25) is 24.6 Å². The van der Waals surface area contributed by atoms with Crippen LogP contribution >= 0.6 is 11.6 Å². The molecule has 3 aliphatic rings. The Morgan fingerprint density at radius 1 is 0.978 bits per heavy atom. The number of carbonyl (C=O) groups is 3. The lowest BCUT2D eigenvalue weighted by Gasteiger charge is -2.36. The normalized spacial score (nSPS) is 20.6. The lowest BCUT2D eigenvalue weighted by atomic mass is 9.79. The van der Waals surface area contributed by atoms with Gasteiger partial charge in [-0.25, -0.2) is 4.39 Å². The van der Waals surface area contributed by atoms with E-state index in [9.17, 15) is 18.8 Å². The van der Waals surface area contributed by atoms with Crippen LogP contribution in [0.15, 0.2) is 54.6 Å². The number of piperazine rings is 1. The van der Waals surface area contributed by atoms with Crippen LogP contribution < -0.4 is 15.0 Å². The van der Waals surface area contributed by atoms with Crippen molar-refractivity contribution in [3.63, 3.8) is 0 Å². The van der Waals surface area contributed by atoms with Gasteiger partial charge in [-0.05, 0) is 61.6 Å². The van der Waals surface area contributed by atoms with Crippen LogP contribution in [0.25, 0.3) is 0 Å². The summed E-state index contributed by atoms with van der Waals surface area (Å²) >= 11 is 6.69. The fraction of sp³-hybridized carbons (Fsp3) is 0.371. The van der Waals surface area contributed by atoms with Gasteiger partial charge in [0, 0.05) is 72.7 Å². The summed E-state index contributed by atoms with van der Waals surface area (Å²) in [5, 5.41) is 12.0. The second-order valence-corrected chi connectivity index (χ2v) is 12.4. The number of rotatable bonds is 7. The predicted molar refractivity (Wildman–Crippen MR) is 167 cm³/mol. The van der Waals surface area contributed by atoms with Gasteiger partial charge >= 0.3 is 0 Å². The Hall–Kier alpha value is -4.26. The highest BCUT2D eigenvalue weighted by Gasteiger charge is 2.39. The number of fused-ring (bicyclic) bond motifs is 1. The van der Waals surface area contributed by atoms with E-state index in [1.165, 1.54) is 6.07 Å². The molecule has 2 heterocycles. The Kier molecular flexibility index (Phi) is 9.15. The lowest BCUT2D eigenvalue weighted by Crippen LogP contribution is -2.46. The number of hydrogen-bond acceptors (Lipinski definition) is 7. The molecule has 45 heavy (non-hydrogen) atoms. The Labute approximate surface area is 266 Å². The predicted octanol–water partition coefficient (Wildman–Crippen LogP) is 5.44. The van der Waals surface area contributed by atoms with Gasteiger partial charge in [-0.1, -0.05) is 35.9 Å². The van der Waals surface area contributed by atoms with Crippen LogP contribution in [0.3, 0.4) is 0 Å². The van der Waals surface area contributed by atoms with Crippen LogP contribution in [-0.2, 0) is 29.2 Å². The molecule has 0 saturated carbocycles. The molecule has 1 aliphatic carbocycles. The number of benzene rings is 3. The second-order valence-electron chi connectivity index (χ2n) is 12.0. The first-order chi connectivity index (χ1) is 21.8. The summed E-state index contributed by atoms with van der Waals surface area (Å²) in [5.74, 6) is -1.36. The van der Waals surface area contributed by atoms with Crippen LogP contribution in [0, 0.1) is 29.0 Å². The summed E-state index contributed by atoms with van der Waals surface area (Å²) in [7, 11) is 0. The van der Waals surface area contributed by atoms with Crippen LogP contribution in [-0.4, -0.2) is 48.7 Å². The Morgan fingerprint density at radius 2 is 1.80 bits per heavy atom. The van der Waals surface area contributed by atoms with Crippen molar-refractivity contribution >= 4 is 34.9 Å². The summed E-state index contributed by atoms with van der Waals surface area (Å²) in [6.07, 6.45) is 2.66. The average molecular weight is 629 g/mol. The van der Waals surface area contributed by atoms with E-state index in [4.69, 9.17) is 21.6 Å². The van der Waals surface area contributed by atoms with E-state index in [1.54, 1.807) is 24.3 Å². The number of imide groups is 1. The van der Waals surface area contributed by atoms with E-state index in [-0.39, 0.29) is 36.4 Å². The molecule has 8 nitrogen and oxygen atoms in total. The third-order valence-electron chi connectivity index (χ3n) is 9.14. The molecule has 0 bridgehead atoms. The third kappa shape index (κ3) is 6.73. The minimum Gasteiger partial charge on any atom is -0.489 e. The van der Waals surface area contributed by atoms with Crippen molar-refractivity contribution in [2.75, 3.05) is 31.1 Å². The molecule has 6 rings (SSSR count). The number of hydrogen-bond donors (Lipinski definition) is 1. The van der Waals surface area contributed by atoms with Crippen LogP contribution in [0.5, 0.6) is 5.75 Å². The van der Waals surface area contributed by atoms with Gasteiger partial charge in [0.1, 0.15) is 18.2 Å².